The first-order valence-electron chi connectivity index (χ1n) is 5.03. The maximum atomic E-state index is 8.70. The minimum Gasteiger partial charge on any atom is -0.330 e. The first-order valence-corrected chi connectivity index (χ1v) is 5.97. The lowest BCUT2D eigenvalue weighted by Gasteiger charge is -2.32. The summed E-state index contributed by atoms with van der Waals surface area (Å²) < 4.78 is 8.70. The van der Waals surface area contributed by atoms with Crippen LogP contribution in [0, 0.1) is 5.41 Å². The van der Waals surface area contributed by atoms with Gasteiger partial charge in [0.1, 0.15) is 0 Å². The van der Waals surface area contributed by atoms with E-state index >= 15 is 0 Å². The standard InChI is InChI=1S/C8H16OS.C2H6/c1-8(7-10-9)5-3-2-4-6-8;1-2/h9H,2-7H2,1H3;1-2H3. The molecule has 1 fully saturated rings. The summed E-state index contributed by atoms with van der Waals surface area (Å²) in [5, 5.41) is 0. The predicted octanol–water partition coefficient (Wildman–Crippen LogP) is 4.19. The molecule has 0 aromatic heterocycles. The molecule has 12 heavy (non-hydrogen) atoms. The minimum absolute atomic E-state index is 0.442. The normalized spacial score (nSPS) is 21.0. The van der Waals surface area contributed by atoms with Crippen LogP contribution in [0.15, 0.2) is 0 Å². The Kier molecular flexibility index (Phi) is 6.96. The fourth-order valence-electron chi connectivity index (χ4n) is 1.71. The topological polar surface area (TPSA) is 20.2 Å². The number of hydrogen-bond donors (Lipinski definition) is 1. The van der Waals surface area contributed by atoms with Crippen molar-refractivity contribution >= 4 is 12.0 Å². The lowest BCUT2D eigenvalue weighted by Crippen LogP contribution is -2.22. The van der Waals surface area contributed by atoms with E-state index in [1.54, 1.807) is 0 Å². The average Bonchev–Trinajstić information content (AvgIpc) is 2.09. The van der Waals surface area contributed by atoms with Gasteiger partial charge in [-0.2, -0.15) is 0 Å². The van der Waals surface area contributed by atoms with E-state index in [-0.39, 0.29) is 0 Å². The van der Waals surface area contributed by atoms with Gasteiger partial charge in [-0.3, -0.25) is 0 Å². The van der Waals surface area contributed by atoms with Gasteiger partial charge in [-0.1, -0.05) is 40.0 Å². The van der Waals surface area contributed by atoms with Gasteiger partial charge in [-0.15, -0.1) is 0 Å². The fraction of sp³-hybridized carbons (Fsp3) is 1.00. The Morgan fingerprint density at radius 2 is 1.67 bits per heavy atom. The second-order valence-electron chi connectivity index (χ2n) is 3.64. The Balaban J connectivity index is 0.000000561. The zero-order valence-electron chi connectivity index (χ0n) is 8.60. The Hall–Kier alpha value is 0.310. The Bertz CT molecular complexity index is 92.5. The van der Waals surface area contributed by atoms with Crippen LogP contribution < -0.4 is 0 Å². The third-order valence-electron chi connectivity index (χ3n) is 2.47. The van der Waals surface area contributed by atoms with Gasteiger partial charge in [-0.05, 0) is 30.3 Å². The van der Waals surface area contributed by atoms with Crippen LogP contribution in [0.25, 0.3) is 0 Å². The van der Waals surface area contributed by atoms with Crippen molar-refractivity contribution < 1.29 is 4.55 Å². The fourth-order valence-corrected chi connectivity index (χ4v) is 2.31. The largest absolute Gasteiger partial charge is 0.330 e. The molecule has 0 aliphatic heterocycles. The van der Waals surface area contributed by atoms with E-state index in [1.165, 1.54) is 32.1 Å². The molecule has 2 heteroatoms. The molecule has 1 rings (SSSR count). The van der Waals surface area contributed by atoms with Crippen molar-refractivity contribution in [3.05, 3.63) is 0 Å². The van der Waals surface area contributed by atoms with Gasteiger partial charge >= 0.3 is 0 Å². The lowest BCUT2D eigenvalue weighted by molar-refractivity contribution is 0.249. The highest BCUT2D eigenvalue weighted by Crippen LogP contribution is 2.37. The van der Waals surface area contributed by atoms with Gasteiger partial charge in [0, 0.05) is 5.75 Å². The predicted molar refractivity (Wildman–Crippen MR) is 57.6 cm³/mol. The first kappa shape index (κ1) is 12.3. The summed E-state index contributed by atoms with van der Waals surface area (Å²) in [5.41, 5.74) is 0.442. The molecule has 1 aliphatic carbocycles. The van der Waals surface area contributed by atoms with Gasteiger partial charge in [0.15, 0.2) is 0 Å². The molecule has 0 spiro atoms. The van der Waals surface area contributed by atoms with E-state index in [0.717, 1.165) is 17.8 Å². The van der Waals surface area contributed by atoms with Crippen LogP contribution in [0.5, 0.6) is 0 Å². The molecule has 74 valence electrons. The van der Waals surface area contributed by atoms with Gasteiger partial charge in [-0.25, -0.2) is 0 Å². The molecule has 1 saturated carbocycles. The quantitative estimate of drug-likeness (QED) is 0.659. The summed E-state index contributed by atoms with van der Waals surface area (Å²) >= 11 is 1.01. The van der Waals surface area contributed by atoms with Crippen molar-refractivity contribution in [2.24, 2.45) is 5.41 Å². The summed E-state index contributed by atoms with van der Waals surface area (Å²) in [5.74, 6) is 0.924. The minimum atomic E-state index is 0.442. The Morgan fingerprint density at radius 3 is 2.08 bits per heavy atom. The van der Waals surface area contributed by atoms with Crippen molar-refractivity contribution in [2.75, 3.05) is 5.75 Å². The lowest BCUT2D eigenvalue weighted by atomic mass is 9.77. The molecular weight excluding hydrogens is 168 g/mol. The Labute approximate surface area is 81.2 Å². The summed E-state index contributed by atoms with van der Waals surface area (Å²) in [6.07, 6.45) is 6.72. The SMILES string of the molecule is CC.CC1(CSO)CCCCC1. The first-order chi connectivity index (χ1) is 5.77. The number of rotatable bonds is 2. The second-order valence-corrected chi connectivity index (χ2v) is 4.19. The molecule has 0 heterocycles. The monoisotopic (exact) mass is 190 g/mol. The van der Waals surface area contributed by atoms with Crippen LogP contribution in [0.2, 0.25) is 0 Å². The van der Waals surface area contributed by atoms with Crippen LogP contribution in [0.3, 0.4) is 0 Å². The summed E-state index contributed by atoms with van der Waals surface area (Å²) in [6.45, 7) is 6.29. The molecule has 0 amide bonds. The molecule has 0 aromatic carbocycles. The molecule has 0 atom stereocenters. The summed E-state index contributed by atoms with van der Waals surface area (Å²) in [6, 6.07) is 0. The van der Waals surface area contributed by atoms with Crippen molar-refractivity contribution in [3.63, 3.8) is 0 Å². The summed E-state index contributed by atoms with van der Waals surface area (Å²) in [4.78, 5) is 0. The maximum absolute atomic E-state index is 8.70. The van der Waals surface area contributed by atoms with Crippen molar-refractivity contribution in [1.82, 2.24) is 0 Å². The molecule has 0 bridgehead atoms. The van der Waals surface area contributed by atoms with Gasteiger partial charge in [0.05, 0.1) is 0 Å². The second kappa shape index (κ2) is 6.79. The highest BCUT2D eigenvalue weighted by atomic mass is 32.2. The van der Waals surface area contributed by atoms with Crippen LogP contribution >= 0.6 is 12.0 Å². The molecule has 0 saturated heterocycles. The molecule has 0 radical (unpaired) electrons. The molecule has 0 aromatic rings. The Morgan fingerprint density at radius 1 is 1.17 bits per heavy atom. The molecule has 1 nitrogen and oxygen atoms in total. The van der Waals surface area contributed by atoms with Crippen molar-refractivity contribution in [2.45, 2.75) is 52.9 Å². The van der Waals surface area contributed by atoms with Crippen LogP contribution in [0.1, 0.15) is 52.9 Å². The zero-order chi connectivity index (χ0) is 9.45. The third kappa shape index (κ3) is 4.36. The van der Waals surface area contributed by atoms with E-state index in [4.69, 9.17) is 4.55 Å². The van der Waals surface area contributed by atoms with E-state index in [1.807, 2.05) is 13.8 Å². The molecule has 1 N–H and O–H groups in total. The maximum Gasteiger partial charge on any atom is 0.0249 e. The summed E-state index contributed by atoms with van der Waals surface area (Å²) in [7, 11) is 0. The molecule has 0 unspecified atom stereocenters. The number of hydrogen-bond acceptors (Lipinski definition) is 2. The van der Waals surface area contributed by atoms with Gasteiger partial charge < -0.3 is 4.55 Å². The van der Waals surface area contributed by atoms with Gasteiger partial charge in [0.25, 0.3) is 0 Å². The smallest absolute Gasteiger partial charge is 0.0249 e. The molecule has 1 aliphatic rings. The van der Waals surface area contributed by atoms with Crippen LogP contribution in [-0.4, -0.2) is 10.3 Å². The van der Waals surface area contributed by atoms with E-state index in [0.29, 0.717) is 5.41 Å². The molecular formula is C10H22OS. The zero-order valence-corrected chi connectivity index (χ0v) is 9.41. The average molecular weight is 190 g/mol. The highest BCUT2D eigenvalue weighted by Gasteiger charge is 2.26. The van der Waals surface area contributed by atoms with E-state index < -0.39 is 0 Å². The van der Waals surface area contributed by atoms with E-state index in [2.05, 4.69) is 6.92 Å². The van der Waals surface area contributed by atoms with Gasteiger partial charge in [0.2, 0.25) is 0 Å². The van der Waals surface area contributed by atoms with Crippen LogP contribution in [0.4, 0.5) is 0 Å². The van der Waals surface area contributed by atoms with Crippen molar-refractivity contribution in [1.29, 1.82) is 0 Å². The third-order valence-corrected chi connectivity index (χ3v) is 3.30. The van der Waals surface area contributed by atoms with Crippen molar-refractivity contribution in [3.8, 4) is 0 Å². The highest BCUT2D eigenvalue weighted by molar-refractivity contribution is 7.93. The van der Waals surface area contributed by atoms with E-state index in [9.17, 15) is 0 Å². The van der Waals surface area contributed by atoms with Crippen LogP contribution in [-0.2, 0) is 0 Å².